The summed E-state index contributed by atoms with van der Waals surface area (Å²) < 4.78 is 6.86. The first kappa shape index (κ1) is 18.1. The van der Waals surface area contributed by atoms with E-state index < -0.39 is 0 Å². The van der Waals surface area contributed by atoms with Gasteiger partial charge in [-0.25, -0.2) is 4.98 Å². The largest absolute Gasteiger partial charge is 0.383 e. The normalized spacial score (nSPS) is 11.5. The Morgan fingerprint density at radius 2 is 2.04 bits per heavy atom. The van der Waals surface area contributed by atoms with Gasteiger partial charge < -0.3 is 4.74 Å². The second-order valence-corrected chi connectivity index (χ2v) is 7.18. The lowest BCUT2D eigenvalue weighted by atomic mass is 10.2. The highest BCUT2D eigenvalue weighted by molar-refractivity contribution is 7.15. The van der Waals surface area contributed by atoms with E-state index in [0.717, 1.165) is 40.0 Å². The van der Waals surface area contributed by atoms with Crippen molar-refractivity contribution in [2.75, 3.05) is 20.3 Å². The van der Waals surface area contributed by atoms with E-state index in [4.69, 9.17) is 16.3 Å². The van der Waals surface area contributed by atoms with Crippen molar-refractivity contribution in [3.8, 4) is 0 Å². The minimum atomic E-state index is -0.0306. The third-order valence-electron chi connectivity index (χ3n) is 3.95. The van der Waals surface area contributed by atoms with Crippen LogP contribution in [-0.2, 0) is 17.8 Å². The van der Waals surface area contributed by atoms with Crippen molar-refractivity contribution in [1.29, 1.82) is 0 Å². The molecular weight excluding hydrogens is 358 g/mol. The van der Waals surface area contributed by atoms with E-state index in [-0.39, 0.29) is 5.56 Å². The van der Waals surface area contributed by atoms with Crippen LogP contribution in [0.5, 0.6) is 0 Å². The summed E-state index contributed by atoms with van der Waals surface area (Å²) in [4.78, 5) is 19.9. The summed E-state index contributed by atoms with van der Waals surface area (Å²) in [5.41, 5.74) is 2.82. The topological polar surface area (TPSA) is 46.8 Å². The van der Waals surface area contributed by atoms with Crippen LogP contribution in [0.4, 0.5) is 0 Å². The zero-order valence-corrected chi connectivity index (χ0v) is 15.8. The summed E-state index contributed by atoms with van der Waals surface area (Å²) in [5, 5.41) is 2.67. The molecule has 0 unspecified atom stereocenters. The molecule has 7 heteroatoms. The fourth-order valence-electron chi connectivity index (χ4n) is 2.69. The van der Waals surface area contributed by atoms with Crippen LogP contribution in [0.1, 0.15) is 17.0 Å². The minimum Gasteiger partial charge on any atom is -0.383 e. The molecule has 0 aliphatic carbocycles. The van der Waals surface area contributed by atoms with Crippen molar-refractivity contribution in [1.82, 2.24) is 14.3 Å². The fourth-order valence-corrected chi connectivity index (χ4v) is 3.71. The van der Waals surface area contributed by atoms with Crippen molar-refractivity contribution in [2.24, 2.45) is 0 Å². The monoisotopic (exact) mass is 377 g/mol. The smallest absolute Gasteiger partial charge is 0.259 e. The van der Waals surface area contributed by atoms with Crippen LogP contribution < -0.4 is 5.56 Å². The molecule has 0 N–H and O–H groups in total. The molecule has 0 atom stereocenters. The molecule has 0 bridgehead atoms. The summed E-state index contributed by atoms with van der Waals surface area (Å²) >= 11 is 7.44. The van der Waals surface area contributed by atoms with Crippen LogP contribution in [0.25, 0.3) is 4.96 Å². The summed E-state index contributed by atoms with van der Waals surface area (Å²) in [6.07, 6.45) is 0. The average Bonchev–Trinajstić information content (AvgIpc) is 2.96. The summed E-state index contributed by atoms with van der Waals surface area (Å²) in [6, 6.07) is 9.41. The quantitative estimate of drug-likeness (QED) is 0.633. The maximum Gasteiger partial charge on any atom is 0.259 e. The van der Waals surface area contributed by atoms with Crippen LogP contribution >= 0.6 is 22.9 Å². The van der Waals surface area contributed by atoms with Crippen LogP contribution in [0.3, 0.4) is 0 Å². The number of hydrogen-bond donors (Lipinski definition) is 0. The molecular formula is C18H20ClN3O2S. The zero-order chi connectivity index (χ0) is 17.8. The lowest BCUT2D eigenvalue weighted by Gasteiger charge is -2.21. The number of ether oxygens (including phenoxy) is 1. The van der Waals surface area contributed by atoms with Gasteiger partial charge in [0.1, 0.15) is 0 Å². The molecule has 25 heavy (non-hydrogen) atoms. The van der Waals surface area contributed by atoms with E-state index in [1.54, 1.807) is 17.6 Å². The zero-order valence-electron chi connectivity index (χ0n) is 14.2. The molecule has 2 aromatic heterocycles. The number of aromatic nitrogens is 2. The van der Waals surface area contributed by atoms with E-state index >= 15 is 0 Å². The highest BCUT2D eigenvalue weighted by Crippen LogP contribution is 2.15. The van der Waals surface area contributed by atoms with Gasteiger partial charge in [0.05, 0.1) is 12.3 Å². The Hall–Kier alpha value is -1.73. The van der Waals surface area contributed by atoms with E-state index in [9.17, 15) is 4.79 Å². The van der Waals surface area contributed by atoms with Gasteiger partial charge in [0.25, 0.3) is 5.56 Å². The van der Waals surface area contributed by atoms with Gasteiger partial charge in [0.15, 0.2) is 4.96 Å². The third-order valence-corrected chi connectivity index (χ3v) is 5.14. The molecule has 3 aromatic rings. The first-order valence-corrected chi connectivity index (χ1v) is 9.25. The molecule has 0 aliphatic heterocycles. The molecule has 0 saturated carbocycles. The van der Waals surface area contributed by atoms with Crippen molar-refractivity contribution < 1.29 is 4.74 Å². The summed E-state index contributed by atoms with van der Waals surface area (Å²) in [7, 11) is 1.69. The van der Waals surface area contributed by atoms with Crippen molar-refractivity contribution >= 4 is 27.9 Å². The number of rotatable bonds is 7. The Kier molecular flexibility index (Phi) is 5.86. The molecule has 0 fully saturated rings. The van der Waals surface area contributed by atoms with Crippen LogP contribution in [0.15, 0.2) is 40.5 Å². The second kappa shape index (κ2) is 8.10. The molecule has 132 valence electrons. The van der Waals surface area contributed by atoms with E-state index in [2.05, 4.69) is 9.88 Å². The Balaban J connectivity index is 1.82. The van der Waals surface area contributed by atoms with Crippen molar-refractivity contribution in [2.45, 2.75) is 20.0 Å². The predicted molar refractivity (Wildman–Crippen MR) is 102 cm³/mol. The number of hydrogen-bond acceptors (Lipinski definition) is 5. The van der Waals surface area contributed by atoms with Crippen molar-refractivity contribution in [3.05, 3.63) is 68.0 Å². The molecule has 0 amide bonds. The van der Waals surface area contributed by atoms with E-state index in [1.807, 2.05) is 36.6 Å². The van der Waals surface area contributed by atoms with Crippen molar-refractivity contribution in [3.63, 3.8) is 0 Å². The van der Waals surface area contributed by atoms with Gasteiger partial charge in [-0.1, -0.05) is 23.7 Å². The Morgan fingerprint density at radius 1 is 1.28 bits per heavy atom. The third kappa shape index (κ3) is 4.46. The lowest BCUT2D eigenvalue weighted by Crippen LogP contribution is -2.28. The Bertz CT molecular complexity index is 905. The number of thiazole rings is 1. The number of benzene rings is 1. The SMILES string of the molecule is COCCN(Cc1ccc(Cl)cc1)Cc1cc(=O)n2c(C)csc2n1. The fraction of sp³-hybridized carbons (Fsp3) is 0.333. The standard InChI is InChI=1S/C18H20ClN3O2S/c1-13-12-25-18-20-16(9-17(23)22(13)18)11-21(7-8-24-2)10-14-3-5-15(19)6-4-14/h3-6,9,12H,7-8,10-11H2,1-2H3. The van der Waals surface area contributed by atoms with Gasteiger partial charge in [0, 0.05) is 48.9 Å². The Labute approximate surface area is 155 Å². The molecule has 0 spiro atoms. The maximum atomic E-state index is 12.3. The molecule has 1 aromatic carbocycles. The van der Waals surface area contributed by atoms with Crippen LogP contribution in [0, 0.1) is 6.92 Å². The summed E-state index contributed by atoms with van der Waals surface area (Å²) in [6.45, 7) is 4.62. The number of halogens is 1. The van der Waals surface area contributed by atoms with Crippen LogP contribution in [0.2, 0.25) is 5.02 Å². The average molecular weight is 378 g/mol. The maximum absolute atomic E-state index is 12.3. The van der Waals surface area contributed by atoms with Gasteiger partial charge in [-0.3, -0.25) is 14.1 Å². The molecule has 0 radical (unpaired) electrons. The highest BCUT2D eigenvalue weighted by atomic mass is 35.5. The number of methoxy groups -OCH3 is 1. The van der Waals surface area contributed by atoms with E-state index in [1.165, 1.54) is 11.3 Å². The van der Waals surface area contributed by atoms with E-state index in [0.29, 0.717) is 13.2 Å². The molecule has 0 aliphatic rings. The van der Waals surface area contributed by atoms with Gasteiger partial charge in [-0.05, 0) is 24.6 Å². The van der Waals surface area contributed by atoms with Gasteiger partial charge in [-0.2, -0.15) is 0 Å². The molecule has 3 rings (SSSR count). The Morgan fingerprint density at radius 3 is 2.76 bits per heavy atom. The highest BCUT2D eigenvalue weighted by Gasteiger charge is 2.11. The first-order chi connectivity index (χ1) is 12.1. The first-order valence-electron chi connectivity index (χ1n) is 7.99. The van der Waals surface area contributed by atoms with Gasteiger partial charge in [0.2, 0.25) is 0 Å². The van der Waals surface area contributed by atoms with Crippen LogP contribution in [-0.4, -0.2) is 34.5 Å². The van der Waals surface area contributed by atoms with Gasteiger partial charge >= 0.3 is 0 Å². The summed E-state index contributed by atoms with van der Waals surface area (Å²) in [5.74, 6) is 0. The minimum absolute atomic E-state index is 0.0306. The number of nitrogens with zero attached hydrogens (tertiary/aromatic N) is 3. The number of aryl methyl sites for hydroxylation is 1. The predicted octanol–water partition coefficient (Wildman–Crippen LogP) is 3.37. The second-order valence-electron chi connectivity index (χ2n) is 5.91. The molecule has 5 nitrogen and oxygen atoms in total. The molecule has 2 heterocycles. The molecule has 0 saturated heterocycles. The number of fused-ring (bicyclic) bond motifs is 1. The lowest BCUT2D eigenvalue weighted by molar-refractivity contribution is 0.139. The van der Waals surface area contributed by atoms with Gasteiger partial charge in [-0.15, -0.1) is 11.3 Å².